The van der Waals surface area contributed by atoms with Crippen LogP contribution in [0.15, 0.2) is 24.5 Å². The summed E-state index contributed by atoms with van der Waals surface area (Å²) in [6, 6.07) is 1.83. The molecule has 2 aromatic heterocycles. The number of ether oxygens (including phenoxy) is 1. The van der Waals surface area contributed by atoms with Gasteiger partial charge in [0.25, 0.3) is 5.91 Å². The molecule has 0 radical (unpaired) electrons. The summed E-state index contributed by atoms with van der Waals surface area (Å²) in [7, 11) is 0. The first-order valence-corrected chi connectivity index (χ1v) is 8.61. The van der Waals surface area contributed by atoms with E-state index >= 15 is 0 Å². The SMILES string of the molecule is CC(C)[C@@H](Nc1cnc(C(N)=O)c(Nc2ccc(OCC(F)(F)F)nc2)n1)C(N)=O. The summed E-state index contributed by atoms with van der Waals surface area (Å²) in [4.78, 5) is 35.1. The van der Waals surface area contributed by atoms with Crippen molar-refractivity contribution in [3.05, 3.63) is 30.2 Å². The maximum absolute atomic E-state index is 12.2. The minimum Gasteiger partial charge on any atom is -0.468 e. The smallest absolute Gasteiger partial charge is 0.422 e. The predicted molar refractivity (Wildman–Crippen MR) is 101 cm³/mol. The Balaban J connectivity index is 2.22. The van der Waals surface area contributed by atoms with Gasteiger partial charge in [0.15, 0.2) is 18.1 Å². The van der Waals surface area contributed by atoms with Gasteiger partial charge in [0, 0.05) is 6.07 Å². The van der Waals surface area contributed by atoms with Gasteiger partial charge in [-0.2, -0.15) is 13.2 Å². The summed E-state index contributed by atoms with van der Waals surface area (Å²) in [5.74, 6) is -1.76. The predicted octanol–water partition coefficient (Wildman–Crippen LogP) is 1.58. The average molecular weight is 427 g/mol. The van der Waals surface area contributed by atoms with Crippen molar-refractivity contribution in [1.29, 1.82) is 0 Å². The molecule has 0 bridgehead atoms. The molecule has 0 saturated heterocycles. The molecule has 13 heteroatoms. The molecule has 6 N–H and O–H groups in total. The van der Waals surface area contributed by atoms with E-state index in [4.69, 9.17) is 11.5 Å². The van der Waals surface area contributed by atoms with Gasteiger partial charge in [0.2, 0.25) is 11.8 Å². The molecule has 0 saturated carbocycles. The van der Waals surface area contributed by atoms with Crippen molar-refractivity contribution in [2.75, 3.05) is 17.2 Å². The second kappa shape index (κ2) is 9.24. The number of pyridine rings is 1. The van der Waals surface area contributed by atoms with Gasteiger partial charge in [0.05, 0.1) is 18.1 Å². The van der Waals surface area contributed by atoms with E-state index in [9.17, 15) is 22.8 Å². The lowest BCUT2D eigenvalue weighted by atomic mass is 10.0. The van der Waals surface area contributed by atoms with Crippen molar-refractivity contribution in [3.8, 4) is 5.88 Å². The van der Waals surface area contributed by atoms with Crippen LogP contribution in [-0.4, -0.2) is 45.6 Å². The molecular formula is C17H20F3N7O3. The molecule has 2 rings (SSSR count). The van der Waals surface area contributed by atoms with Gasteiger partial charge in [-0.3, -0.25) is 9.59 Å². The van der Waals surface area contributed by atoms with Gasteiger partial charge in [-0.25, -0.2) is 15.0 Å². The summed E-state index contributed by atoms with van der Waals surface area (Å²) in [6.07, 6.45) is -2.09. The molecule has 0 unspecified atom stereocenters. The summed E-state index contributed by atoms with van der Waals surface area (Å²) in [6.45, 7) is 2.08. The lowest BCUT2D eigenvalue weighted by Gasteiger charge is -2.20. The Hall–Kier alpha value is -3.64. The highest BCUT2D eigenvalue weighted by molar-refractivity contribution is 5.96. The van der Waals surface area contributed by atoms with Crippen molar-refractivity contribution in [1.82, 2.24) is 15.0 Å². The van der Waals surface area contributed by atoms with Gasteiger partial charge >= 0.3 is 6.18 Å². The van der Waals surface area contributed by atoms with E-state index in [0.29, 0.717) is 0 Å². The van der Waals surface area contributed by atoms with Crippen molar-refractivity contribution >= 4 is 29.1 Å². The van der Waals surface area contributed by atoms with Crippen LogP contribution in [0, 0.1) is 5.92 Å². The van der Waals surface area contributed by atoms with Crippen LogP contribution in [0.4, 0.5) is 30.5 Å². The highest BCUT2D eigenvalue weighted by Crippen LogP contribution is 2.22. The van der Waals surface area contributed by atoms with Crippen molar-refractivity contribution < 1.29 is 27.5 Å². The number of hydrogen-bond donors (Lipinski definition) is 4. The highest BCUT2D eigenvalue weighted by atomic mass is 19.4. The Labute approximate surface area is 169 Å². The maximum atomic E-state index is 12.2. The fourth-order valence-electron chi connectivity index (χ4n) is 2.28. The topological polar surface area (TPSA) is 158 Å². The molecule has 2 heterocycles. The summed E-state index contributed by atoms with van der Waals surface area (Å²) in [5, 5.41) is 5.58. The molecule has 0 aliphatic rings. The van der Waals surface area contributed by atoms with Gasteiger partial charge in [-0.05, 0) is 12.0 Å². The maximum Gasteiger partial charge on any atom is 0.422 e. The van der Waals surface area contributed by atoms with Crippen LogP contribution in [-0.2, 0) is 4.79 Å². The summed E-state index contributed by atoms with van der Waals surface area (Å²) in [5.41, 5.74) is 10.7. The normalized spacial score (nSPS) is 12.3. The van der Waals surface area contributed by atoms with Crippen LogP contribution in [0.1, 0.15) is 24.3 Å². The van der Waals surface area contributed by atoms with Crippen LogP contribution in [0.2, 0.25) is 0 Å². The standard InChI is InChI=1S/C17H20F3N7O3/c1-8(2)12(14(21)28)26-10-6-24-13(15(22)29)16(27-10)25-9-3-4-11(23-5-9)30-7-17(18,19)20/h3-6,8,12H,7H2,1-2H3,(H2,21,28)(H2,22,29)(H2,25,26,27)/t12-/m1/s1. The van der Waals surface area contributed by atoms with Crippen molar-refractivity contribution in [2.45, 2.75) is 26.1 Å². The van der Waals surface area contributed by atoms with E-state index in [1.165, 1.54) is 24.5 Å². The summed E-state index contributed by atoms with van der Waals surface area (Å²) >= 11 is 0. The molecule has 0 aliphatic heterocycles. The molecule has 2 aromatic rings. The number of halogens is 3. The second-order valence-electron chi connectivity index (χ2n) is 6.50. The molecule has 1 atom stereocenters. The zero-order valence-corrected chi connectivity index (χ0v) is 16.0. The highest BCUT2D eigenvalue weighted by Gasteiger charge is 2.28. The second-order valence-corrected chi connectivity index (χ2v) is 6.50. The van der Waals surface area contributed by atoms with E-state index in [1.54, 1.807) is 13.8 Å². The number of carbonyl (C=O) groups is 2. The number of anilines is 3. The molecule has 0 aromatic carbocycles. The lowest BCUT2D eigenvalue weighted by Crippen LogP contribution is -2.39. The van der Waals surface area contributed by atoms with Crippen molar-refractivity contribution in [2.24, 2.45) is 17.4 Å². The Morgan fingerprint density at radius 3 is 2.37 bits per heavy atom. The number of nitrogens with two attached hydrogens (primary N) is 2. The van der Waals surface area contributed by atoms with Crippen molar-refractivity contribution in [3.63, 3.8) is 0 Å². The quantitative estimate of drug-likeness (QED) is 0.469. The monoisotopic (exact) mass is 427 g/mol. The third kappa shape index (κ3) is 6.46. The number of hydrogen-bond acceptors (Lipinski definition) is 8. The van der Waals surface area contributed by atoms with Crippen LogP contribution < -0.4 is 26.8 Å². The summed E-state index contributed by atoms with van der Waals surface area (Å²) < 4.78 is 41.1. The molecule has 0 spiro atoms. The van der Waals surface area contributed by atoms with Crippen LogP contribution in [0.3, 0.4) is 0 Å². The van der Waals surface area contributed by atoms with Gasteiger partial charge < -0.3 is 26.8 Å². The minimum absolute atomic E-state index is 0.0507. The van der Waals surface area contributed by atoms with E-state index in [-0.39, 0.29) is 34.8 Å². The van der Waals surface area contributed by atoms with Crippen LogP contribution >= 0.6 is 0 Å². The van der Waals surface area contributed by atoms with Gasteiger partial charge in [-0.15, -0.1) is 0 Å². The number of rotatable bonds is 9. The van der Waals surface area contributed by atoms with Gasteiger partial charge in [0.1, 0.15) is 11.9 Å². The Morgan fingerprint density at radius 1 is 1.17 bits per heavy atom. The van der Waals surface area contributed by atoms with Crippen LogP contribution in [0.25, 0.3) is 0 Å². The fraction of sp³-hybridized carbons (Fsp3) is 0.353. The molecule has 0 aliphatic carbocycles. The van der Waals surface area contributed by atoms with E-state index in [1.807, 2.05) is 0 Å². The molecule has 10 nitrogen and oxygen atoms in total. The first-order chi connectivity index (χ1) is 14.0. The zero-order valence-electron chi connectivity index (χ0n) is 16.0. The number of amides is 2. The molecule has 2 amide bonds. The zero-order chi connectivity index (χ0) is 22.5. The molecule has 30 heavy (non-hydrogen) atoms. The Kier molecular flexibility index (Phi) is 6.97. The number of aromatic nitrogens is 3. The first-order valence-electron chi connectivity index (χ1n) is 8.61. The number of nitrogens with one attached hydrogen (secondary N) is 2. The first kappa shape index (κ1) is 22.6. The molecule has 162 valence electrons. The number of nitrogens with zero attached hydrogens (tertiary/aromatic N) is 3. The number of primary amides is 2. The Bertz CT molecular complexity index is 904. The number of alkyl halides is 3. The fourth-order valence-corrected chi connectivity index (χ4v) is 2.28. The van der Waals surface area contributed by atoms with Crippen LogP contribution in [0.5, 0.6) is 5.88 Å². The van der Waals surface area contributed by atoms with E-state index < -0.39 is 30.6 Å². The van der Waals surface area contributed by atoms with E-state index in [0.717, 1.165) is 0 Å². The third-order valence-electron chi connectivity index (χ3n) is 3.67. The molecular weight excluding hydrogens is 407 g/mol. The third-order valence-corrected chi connectivity index (χ3v) is 3.67. The minimum atomic E-state index is -4.49. The average Bonchev–Trinajstić information content (AvgIpc) is 2.64. The lowest BCUT2D eigenvalue weighted by molar-refractivity contribution is -0.154. The van der Waals surface area contributed by atoms with Gasteiger partial charge in [-0.1, -0.05) is 13.8 Å². The number of carbonyl (C=O) groups excluding carboxylic acids is 2. The Morgan fingerprint density at radius 2 is 1.87 bits per heavy atom. The largest absolute Gasteiger partial charge is 0.468 e. The van der Waals surface area contributed by atoms with E-state index in [2.05, 4.69) is 30.3 Å². The molecule has 0 fully saturated rings.